The number of halogens is 2. The Morgan fingerprint density at radius 2 is 2.05 bits per heavy atom. The van der Waals surface area contributed by atoms with Gasteiger partial charge in [0.1, 0.15) is 0 Å². The monoisotopic (exact) mass is 342 g/mol. The molecule has 0 aromatic heterocycles. The molecule has 1 unspecified atom stereocenters. The lowest BCUT2D eigenvalue weighted by Crippen LogP contribution is -2.36. The van der Waals surface area contributed by atoms with E-state index in [0.717, 1.165) is 29.5 Å². The van der Waals surface area contributed by atoms with Crippen LogP contribution in [0.2, 0.25) is 5.02 Å². The Balaban J connectivity index is 1.86. The van der Waals surface area contributed by atoms with Gasteiger partial charge in [0, 0.05) is 41.7 Å². The van der Waals surface area contributed by atoms with Crippen molar-refractivity contribution in [1.82, 2.24) is 4.90 Å². The minimum atomic E-state index is 0.740. The summed E-state index contributed by atoms with van der Waals surface area (Å²) in [4.78, 5) is 5.21. The van der Waals surface area contributed by atoms with Crippen molar-refractivity contribution in [2.75, 3.05) is 31.1 Å². The van der Waals surface area contributed by atoms with Gasteiger partial charge in [0.15, 0.2) is 0 Å². The second-order valence-electron chi connectivity index (χ2n) is 5.54. The molecule has 3 rings (SSSR count). The van der Waals surface area contributed by atoms with Crippen LogP contribution in [0.5, 0.6) is 0 Å². The molecule has 2 aliphatic rings. The molecular formula is C15H20BrClN2. The van der Waals surface area contributed by atoms with Crippen LogP contribution >= 0.6 is 27.5 Å². The molecule has 1 aromatic rings. The first-order valence-electron chi connectivity index (χ1n) is 7.11. The molecule has 0 spiro atoms. The molecule has 0 N–H and O–H groups in total. The smallest absolute Gasteiger partial charge is 0.0426 e. The number of benzene rings is 1. The van der Waals surface area contributed by atoms with Crippen molar-refractivity contribution in [3.63, 3.8) is 0 Å². The minimum Gasteiger partial charge on any atom is -0.370 e. The summed E-state index contributed by atoms with van der Waals surface area (Å²) in [5.41, 5.74) is 2.66. The second kappa shape index (κ2) is 6.02. The Morgan fingerprint density at radius 3 is 2.89 bits per heavy atom. The summed E-state index contributed by atoms with van der Waals surface area (Å²) < 4.78 is 0. The van der Waals surface area contributed by atoms with Crippen molar-refractivity contribution in [3.8, 4) is 0 Å². The van der Waals surface area contributed by atoms with Crippen LogP contribution in [0.4, 0.5) is 5.69 Å². The van der Waals surface area contributed by atoms with Gasteiger partial charge in [-0.25, -0.2) is 0 Å². The largest absolute Gasteiger partial charge is 0.370 e. The third-order valence-electron chi connectivity index (χ3n) is 4.34. The van der Waals surface area contributed by atoms with Gasteiger partial charge in [0.05, 0.1) is 0 Å². The third kappa shape index (κ3) is 2.93. The van der Waals surface area contributed by atoms with E-state index in [1.165, 1.54) is 43.6 Å². The summed E-state index contributed by atoms with van der Waals surface area (Å²) >= 11 is 9.79. The van der Waals surface area contributed by atoms with Crippen LogP contribution in [0.3, 0.4) is 0 Å². The highest BCUT2D eigenvalue weighted by Crippen LogP contribution is 2.30. The van der Waals surface area contributed by atoms with Crippen molar-refractivity contribution in [1.29, 1.82) is 0 Å². The molecule has 0 amide bonds. The Bertz CT molecular complexity index is 452. The predicted molar refractivity (Wildman–Crippen MR) is 85.5 cm³/mol. The van der Waals surface area contributed by atoms with Gasteiger partial charge in [0.25, 0.3) is 0 Å². The number of nitrogens with zero attached hydrogens (tertiary/aromatic N) is 2. The minimum absolute atomic E-state index is 0.740. The zero-order valence-corrected chi connectivity index (χ0v) is 13.5. The molecule has 104 valence electrons. The van der Waals surface area contributed by atoms with Gasteiger partial charge < -0.3 is 4.90 Å². The van der Waals surface area contributed by atoms with E-state index in [2.05, 4.69) is 37.9 Å². The summed E-state index contributed by atoms with van der Waals surface area (Å²) in [7, 11) is 0. The summed E-state index contributed by atoms with van der Waals surface area (Å²) in [6.07, 6.45) is 3.96. The zero-order chi connectivity index (χ0) is 13.2. The predicted octanol–water partition coefficient (Wildman–Crippen LogP) is 3.91. The number of alkyl halides is 1. The maximum absolute atomic E-state index is 6.19. The van der Waals surface area contributed by atoms with Gasteiger partial charge in [-0.05, 0) is 43.5 Å². The van der Waals surface area contributed by atoms with Crippen LogP contribution in [-0.4, -0.2) is 37.1 Å². The second-order valence-corrected chi connectivity index (χ2v) is 6.54. The van der Waals surface area contributed by atoms with Crippen LogP contribution < -0.4 is 4.90 Å². The fraction of sp³-hybridized carbons (Fsp3) is 0.600. The molecule has 19 heavy (non-hydrogen) atoms. The molecule has 0 bridgehead atoms. The topological polar surface area (TPSA) is 6.48 Å². The summed E-state index contributed by atoms with van der Waals surface area (Å²) in [5.74, 6) is 0. The fourth-order valence-corrected chi connectivity index (χ4v) is 4.01. The van der Waals surface area contributed by atoms with E-state index in [9.17, 15) is 0 Å². The van der Waals surface area contributed by atoms with E-state index in [1.54, 1.807) is 0 Å². The quantitative estimate of drug-likeness (QED) is 0.751. The van der Waals surface area contributed by atoms with E-state index in [4.69, 9.17) is 11.6 Å². The molecule has 1 aromatic carbocycles. The fourth-order valence-electron chi connectivity index (χ4n) is 3.37. The first-order valence-corrected chi connectivity index (χ1v) is 8.61. The van der Waals surface area contributed by atoms with Gasteiger partial charge in [0.2, 0.25) is 0 Å². The lowest BCUT2D eigenvalue weighted by Gasteiger charge is -2.29. The standard InChI is InChI=1S/C15H20BrClN2/c16-10-12-4-5-13(17)9-15(12)19-8-2-7-18-6-1-3-14(18)11-19/h4-5,9,14H,1-3,6-8,10-11H2. The molecule has 0 radical (unpaired) electrons. The van der Waals surface area contributed by atoms with Crippen molar-refractivity contribution < 1.29 is 0 Å². The van der Waals surface area contributed by atoms with E-state index >= 15 is 0 Å². The summed E-state index contributed by atoms with van der Waals surface area (Å²) in [6, 6.07) is 7.00. The lowest BCUT2D eigenvalue weighted by atomic mass is 10.1. The van der Waals surface area contributed by atoms with Crippen molar-refractivity contribution >= 4 is 33.2 Å². The van der Waals surface area contributed by atoms with Crippen LogP contribution in [0.1, 0.15) is 24.8 Å². The number of rotatable bonds is 2. The van der Waals surface area contributed by atoms with Gasteiger partial charge in [-0.2, -0.15) is 0 Å². The molecule has 2 fully saturated rings. The highest BCUT2D eigenvalue weighted by molar-refractivity contribution is 9.08. The van der Waals surface area contributed by atoms with Crippen molar-refractivity contribution in [3.05, 3.63) is 28.8 Å². The van der Waals surface area contributed by atoms with Crippen molar-refractivity contribution in [2.45, 2.75) is 30.6 Å². The molecule has 0 saturated carbocycles. The maximum Gasteiger partial charge on any atom is 0.0426 e. The van der Waals surface area contributed by atoms with Gasteiger partial charge in [-0.1, -0.05) is 33.6 Å². The first-order chi connectivity index (χ1) is 9.28. The summed E-state index contributed by atoms with van der Waals surface area (Å²) in [6.45, 7) is 4.85. The average Bonchev–Trinajstić information content (AvgIpc) is 2.76. The Labute approximate surface area is 128 Å². The van der Waals surface area contributed by atoms with E-state index in [0.29, 0.717) is 0 Å². The number of fused-ring (bicyclic) bond motifs is 1. The Kier molecular flexibility index (Phi) is 4.35. The van der Waals surface area contributed by atoms with Crippen molar-refractivity contribution in [2.24, 2.45) is 0 Å². The number of anilines is 1. The van der Waals surface area contributed by atoms with Gasteiger partial charge in [-0.3, -0.25) is 4.90 Å². The molecule has 0 aliphatic carbocycles. The lowest BCUT2D eigenvalue weighted by molar-refractivity contribution is 0.273. The first kappa shape index (κ1) is 13.7. The van der Waals surface area contributed by atoms with Crippen LogP contribution in [-0.2, 0) is 5.33 Å². The van der Waals surface area contributed by atoms with Crippen LogP contribution in [0.25, 0.3) is 0 Å². The summed E-state index contributed by atoms with van der Waals surface area (Å²) in [5, 5.41) is 1.73. The van der Waals surface area contributed by atoms with Gasteiger partial charge >= 0.3 is 0 Å². The average molecular weight is 344 g/mol. The van der Waals surface area contributed by atoms with E-state index in [1.807, 2.05) is 6.07 Å². The third-order valence-corrected chi connectivity index (χ3v) is 5.17. The highest BCUT2D eigenvalue weighted by atomic mass is 79.9. The zero-order valence-electron chi connectivity index (χ0n) is 11.1. The number of hydrogen-bond donors (Lipinski definition) is 0. The van der Waals surface area contributed by atoms with Gasteiger partial charge in [-0.15, -0.1) is 0 Å². The molecule has 2 nitrogen and oxygen atoms in total. The van der Waals surface area contributed by atoms with E-state index in [-0.39, 0.29) is 0 Å². The van der Waals surface area contributed by atoms with Crippen LogP contribution in [0, 0.1) is 0 Å². The van der Waals surface area contributed by atoms with E-state index < -0.39 is 0 Å². The Hall–Kier alpha value is -0.250. The normalized spacial score (nSPS) is 24.3. The molecule has 1 atom stereocenters. The molecule has 4 heteroatoms. The number of hydrogen-bond acceptors (Lipinski definition) is 2. The highest BCUT2D eigenvalue weighted by Gasteiger charge is 2.29. The SMILES string of the molecule is Clc1ccc(CBr)c(N2CCCN3CCCC3C2)c1. The Morgan fingerprint density at radius 1 is 1.21 bits per heavy atom. The molecule has 2 saturated heterocycles. The molecule has 2 heterocycles. The maximum atomic E-state index is 6.19. The molecule has 2 aliphatic heterocycles. The molecular weight excluding hydrogens is 324 g/mol. The van der Waals surface area contributed by atoms with Crippen LogP contribution in [0.15, 0.2) is 18.2 Å².